The predicted molar refractivity (Wildman–Crippen MR) is 93.5 cm³/mol. The number of nitrogens with one attached hydrogen (secondary N) is 1. The van der Waals surface area contributed by atoms with Crippen molar-refractivity contribution in [3.05, 3.63) is 69.5 Å². The number of aryl methyl sites for hydroxylation is 1. The van der Waals surface area contributed by atoms with Gasteiger partial charge in [-0.05, 0) is 57.8 Å². The summed E-state index contributed by atoms with van der Waals surface area (Å²) in [5.74, 6) is 0. The van der Waals surface area contributed by atoms with Crippen LogP contribution in [-0.4, -0.2) is 9.55 Å². The molecule has 106 valence electrons. The van der Waals surface area contributed by atoms with Gasteiger partial charge in [0.25, 0.3) is 0 Å². The molecule has 1 N–H and O–H groups in total. The maximum absolute atomic E-state index is 5.45. The Labute approximate surface area is 137 Å². The number of hydrogen-bond acceptors (Lipinski definition) is 1. The van der Waals surface area contributed by atoms with Crippen LogP contribution in [0, 0.1) is 4.77 Å². The van der Waals surface area contributed by atoms with E-state index in [9.17, 15) is 0 Å². The van der Waals surface area contributed by atoms with E-state index in [1.807, 2.05) is 35.0 Å². The second-order valence-electron chi connectivity index (χ2n) is 4.84. The third-order valence-corrected chi connectivity index (χ3v) is 4.47. The van der Waals surface area contributed by atoms with E-state index in [0.717, 1.165) is 27.8 Å². The van der Waals surface area contributed by atoms with E-state index in [4.69, 9.17) is 12.2 Å². The van der Waals surface area contributed by atoms with Crippen molar-refractivity contribution < 1.29 is 0 Å². The first-order valence-electron chi connectivity index (χ1n) is 6.85. The summed E-state index contributed by atoms with van der Waals surface area (Å²) in [6.07, 6.45) is 3.09. The van der Waals surface area contributed by atoms with Gasteiger partial charge in [0.15, 0.2) is 4.77 Å². The number of halogens is 1. The van der Waals surface area contributed by atoms with Gasteiger partial charge in [-0.2, -0.15) is 0 Å². The van der Waals surface area contributed by atoms with Gasteiger partial charge >= 0.3 is 0 Å². The molecule has 2 aromatic carbocycles. The Bertz CT molecular complexity index is 815. The number of imidazole rings is 1. The van der Waals surface area contributed by atoms with Crippen LogP contribution in [0.15, 0.2) is 59.2 Å². The molecule has 1 aromatic heterocycles. The fraction of sp³-hybridized carbons (Fsp3) is 0.118. The average Bonchev–Trinajstić information content (AvgIpc) is 2.90. The van der Waals surface area contributed by atoms with Gasteiger partial charge < -0.3 is 4.98 Å². The highest BCUT2D eigenvalue weighted by Gasteiger charge is 2.07. The number of benzene rings is 2. The predicted octanol–water partition coefficient (Wildman–Crippen LogP) is 5.53. The molecule has 0 aliphatic rings. The highest BCUT2D eigenvalue weighted by atomic mass is 79.9. The van der Waals surface area contributed by atoms with Gasteiger partial charge in [0, 0.05) is 10.7 Å². The van der Waals surface area contributed by atoms with Gasteiger partial charge in [-0.15, -0.1) is 0 Å². The van der Waals surface area contributed by atoms with Gasteiger partial charge in [0.05, 0.1) is 11.4 Å². The summed E-state index contributed by atoms with van der Waals surface area (Å²) >= 11 is 9.02. The summed E-state index contributed by atoms with van der Waals surface area (Å²) in [5, 5.41) is 0. The molecule has 0 radical (unpaired) electrons. The molecular formula is C17H15BrN2S. The zero-order valence-electron chi connectivity index (χ0n) is 11.6. The highest BCUT2D eigenvalue weighted by Crippen LogP contribution is 2.24. The van der Waals surface area contributed by atoms with Crippen molar-refractivity contribution in [2.24, 2.45) is 0 Å². The monoisotopic (exact) mass is 358 g/mol. The number of aromatic amines is 1. The lowest BCUT2D eigenvalue weighted by molar-refractivity contribution is 1.02. The smallest absolute Gasteiger partial charge is 0.182 e. The van der Waals surface area contributed by atoms with Gasteiger partial charge in [0.1, 0.15) is 0 Å². The topological polar surface area (TPSA) is 20.7 Å². The van der Waals surface area contributed by atoms with Crippen LogP contribution in [0.2, 0.25) is 0 Å². The Morgan fingerprint density at radius 2 is 1.81 bits per heavy atom. The van der Waals surface area contributed by atoms with Gasteiger partial charge in [-0.1, -0.05) is 43.3 Å². The number of para-hydroxylation sites is 1. The summed E-state index contributed by atoms with van der Waals surface area (Å²) in [6.45, 7) is 2.16. The zero-order chi connectivity index (χ0) is 14.8. The van der Waals surface area contributed by atoms with E-state index >= 15 is 0 Å². The Hall–Kier alpha value is -1.65. The van der Waals surface area contributed by atoms with Crippen LogP contribution in [0.4, 0.5) is 0 Å². The van der Waals surface area contributed by atoms with Gasteiger partial charge in [0.2, 0.25) is 0 Å². The third kappa shape index (κ3) is 2.87. The van der Waals surface area contributed by atoms with Crippen LogP contribution < -0.4 is 0 Å². The minimum Gasteiger partial charge on any atom is -0.330 e. The van der Waals surface area contributed by atoms with Crippen LogP contribution in [0.1, 0.15) is 12.5 Å². The Morgan fingerprint density at radius 1 is 1.10 bits per heavy atom. The normalized spacial score (nSPS) is 10.8. The molecule has 1 heterocycles. The lowest BCUT2D eigenvalue weighted by atomic mass is 10.1. The maximum Gasteiger partial charge on any atom is 0.182 e. The first-order chi connectivity index (χ1) is 10.2. The molecule has 0 bridgehead atoms. The van der Waals surface area contributed by atoms with Crippen molar-refractivity contribution in [2.75, 3.05) is 0 Å². The van der Waals surface area contributed by atoms with Crippen molar-refractivity contribution >= 4 is 28.1 Å². The molecule has 0 saturated carbocycles. The molecule has 3 aromatic rings. The van der Waals surface area contributed by atoms with E-state index < -0.39 is 0 Å². The Morgan fingerprint density at radius 3 is 2.48 bits per heavy atom. The summed E-state index contributed by atoms with van der Waals surface area (Å²) in [5.41, 5.74) is 4.54. The van der Waals surface area contributed by atoms with Crippen molar-refractivity contribution in [3.8, 4) is 16.9 Å². The van der Waals surface area contributed by atoms with Gasteiger partial charge in [-0.3, -0.25) is 4.57 Å². The number of nitrogens with zero attached hydrogens (tertiary/aromatic N) is 1. The Kier molecular flexibility index (Phi) is 4.08. The number of rotatable bonds is 3. The molecule has 3 rings (SSSR count). The first-order valence-corrected chi connectivity index (χ1v) is 8.05. The standard InChI is InChI=1S/C17H15BrN2S/c1-2-12-7-9-13(10-8-12)15-11-20(17(21)19-15)16-6-4-3-5-14(16)18/h3-11H,2H2,1H3,(H,19,21). The van der Waals surface area contributed by atoms with Crippen molar-refractivity contribution in [1.82, 2.24) is 9.55 Å². The average molecular weight is 359 g/mol. The van der Waals surface area contributed by atoms with Crippen molar-refractivity contribution in [2.45, 2.75) is 13.3 Å². The lowest BCUT2D eigenvalue weighted by Crippen LogP contribution is -1.92. The second-order valence-corrected chi connectivity index (χ2v) is 6.09. The molecule has 4 heteroatoms. The molecule has 21 heavy (non-hydrogen) atoms. The quantitative estimate of drug-likeness (QED) is 0.610. The van der Waals surface area contributed by atoms with E-state index in [2.05, 4.69) is 52.1 Å². The number of hydrogen-bond donors (Lipinski definition) is 1. The van der Waals surface area contributed by atoms with E-state index in [1.165, 1.54) is 5.56 Å². The van der Waals surface area contributed by atoms with Crippen LogP contribution in [-0.2, 0) is 6.42 Å². The molecule has 0 spiro atoms. The molecule has 0 amide bonds. The van der Waals surface area contributed by atoms with Crippen LogP contribution in [0.3, 0.4) is 0 Å². The molecule has 0 unspecified atom stereocenters. The SMILES string of the molecule is CCc1ccc(-c2cn(-c3ccccc3Br)c(=S)[nH]2)cc1. The fourth-order valence-corrected chi connectivity index (χ4v) is 3.03. The third-order valence-electron chi connectivity index (χ3n) is 3.50. The molecule has 0 aliphatic heterocycles. The maximum atomic E-state index is 5.45. The zero-order valence-corrected chi connectivity index (χ0v) is 14.0. The molecule has 0 saturated heterocycles. The molecule has 0 aliphatic carbocycles. The second kappa shape index (κ2) is 6.00. The molecular weight excluding hydrogens is 344 g/mol. The summed E-state index contributed by atoms with van der Waals surface area (Å²) in [7, 11) is 0. The summed E-state index contributed by atoms with van der Waals surface area (Å²) < 4.78 is 3.70. The van der Waals surface area contributed by atoms with Crippen molar-refractivity contribution in [3.63, 3.8) is 0 Å². The Balaban J connectivity index is 2.05. The lowest BCUT2D eigenvalue weighted by Gasteiger charge is -2.04. The number of aromatic nitrogens is 2. The van der Waals surface area contributed by atoms with Crippen molar-refractivity contribution in [1.29, 1.82) is 0 Å². The van der Waals surface area contributed by atoms with Crippen LogP contribution in [0.25, 0.3) is 16.9 Å². The molecule has 2 nitrogen and oxygen atoms in total. The largest absolute Gasteiger partial charge is 0.330 e. The highest BCUT2D eigenvalue weighted by molar-refractivity contribution is 9.10. The minimum atomic E-state index is 0.691. The van der Waals surface area contributed by atoms with Crippen LogP contribution >= 0.6 is 28.1 Å². The fourth-order valence-electron chi connectivity index (χ4n) is 2.29. The first kappa shape index (κ1) is 14.3. The van der Waals surface area contributed by atoms with E-state index in [1.54, 1.807) is 0 Å². The summed E-state index contributed by atoms with van der Waals surface area (Å²) in [6, 6.07) is 16.6. The molecule has 0 atom stereocenters. The number of H-pyrrole nitrogens is 1. The van der Waals surface area contributed by atoms with E-state index in [-0.39, 0.29) is 0 Å². The minimum absolute atomic E-state index is 0.691. The van der Waals surface area contributed by atoms with Gasteiger partial charge in [-0.25, -0.2) is 0 Å². The molecule has 0 fully saturated rings. The van der Waals surface area contributed by atoms with Crippen LogP contribution in [0.5, 0.6) is 0 Å². The van der Waals surface area contributed by atoms with E-state index in [0.29, 0.717) is 4.77 Å². The summed E-state index contributed by atoms with van der Waals surface area (Å²) in [4.78, 5) is 3.28.